The average molecular weight is 247 g/mol. The summed E-state index contributed by atoms with van der Waals surface area (Å²) >= 11 is 4.60. The first-order chi connectivity index (χ1) is 8.16. The number of para-hydroxylation sites is 1. The summed E-state index contributed by atoms with van der Waals surface area (Å²) < 4.78 is 0. The molecule has 0 atom stereocenters. The molecule has 7 heteroatoms. The van der Waals surface area contributed by atoms with Gasteiger partial charge < -0.3 is 10.7 Å². The Kier molecular flexibility index (Phi) is 3.10. The summed E-state index contributed by atoms with van der Waals surface area (Å²) in [6.07, 6.45) is 1.44. The molecule has 1 aromatic heterocycles. The van der Waals surface area contributed by atoms with Crippen LogP contribution in [-0.2, 0) is 0 Å². The molecule has 0 unspecified atom stereocenters. The van der Waals surface area contributed by atoms with E-state index in [1.807, 2.05) is 18.2 Å². The number of fused-ring (bicyclic) bond motifs is 1. The summed E-state index contributed by atoms with van der Waals surface area (Å²) in [5.74, 6) is 0. The lowest BCUT2D eigenvalue weighted by molar-refractivity contribution is 1.03. The maximum atomic E-state index is 11.3. The van der Waals surface area contributed by atoms with Crippen molar-refractivity contribution in [1.29, 1.82) is 0 Å². The normalized spacial score (nSPS) is 10.8. The predicted molar refractivity (Wildman–Crippen MR) is 69.9 cm³/mol. The van der Waals surface area contributed by atoms with E-state index in [0.29, 0.717) is 11.2 Å². The molecular weight excluding hydrogens is 238 g/mol. The van der Waals surface area contributed by atoms with Crippen LogP contribution in [0.5, 0.6) is 0 Å². The van der Waals surface area contributed by atoms with E-state index in [1.54, 1.807) is 6.07 Å². The van der Waals surface area contributed by atoms with Crippen molar-refractivity contribution in [3.05, 3.63) is 40.4 Å². The van der Waals surface area contributed by atoms with Gasteiger partial charge in [-0.3, -0.25) is 5.43 Å². The fraction of sp³-hybridized carbons (Fsp3) is 0. The molecule has 0 fully saturated rings. The third-order valence-corrected chi connectivity index (χ3v) is 2.12. The van der Waals surface area contributed by atoms with E-state index in [9.17, 15) is 4.79 Å². The van der Waals surface area contributed by atoms with Gasteiger partial charge in [0.25, 0.3) is 0 Å². The topological polar surface area (TPSA) is 96.2 Å². The van der Waals surface area contributed by atoms with Gasteiger partial charge in [-0.2, -0.15) is 10.1 Å². The van der Waals surface area contributed by atoms with Crippen LogP contribution in [-0.4, -0.2) is 21.3 Å². The number of hydrogen-bond donors (Lipinski definition) is 3. The van der Waals surface area contributed by atoms with E-state index in [2.05, 4.69) is 32.7 Å². The Morgan fingerprint density at radius 3 is 3.06 bits per heavy atom. The number of nitrogens with two attached hydrogens (primary N) is 1. The van der Waals surface area contributed by atoms with Gasteiger partial charge in [0.15, 0.2) is 5.11 Å². The maximum Gasteiger partial charge on any atom is 0.346 e. The van der Waals surface area contributed by atoms with E-state index in [0.717, 1.165) is 5.39 Å². The monoisotopic (exact) mass is 247 g/mol. The van der Waals surface area contributed by atoms with Gasteiger partial charge in [0.1, 0.15) is 0 Å². The van der Waals surface area contributed by atoms with Crippen molar-refractivity contribution in [2.24, 2.45) is 10.8 Å². The highest BCUT2D eigenvalue weighted by Gasteiger charge is 2.01. The second-order valence-electron chi connectivity index (χ2n) is 3.21. The Morgan fingerprint density at radius 1 is 1.53 bits per heavy atom. The smallest absolute Gasteiger partial charge is 0.346 e. The fourth-order valence-corrected chi connectivity index (χ4v) is 1.43. The van der Waals surface area contributed by atoms with Crippen molar-refractivity contribution in [3.63, 3.8) is 0 Å². The molecule has 0 spiro atoms. The van der Waals surface area contributed by atoms with Crippen molar-refractivity contribution in [1.82, 2.24) is 15.4 Å². The number of H-pyrrole nitrogens is 1. The van der Waals surface area contributed by atoms with E-state index in [4.69, 9.17) is 5.73 Å². The molecular formula is C10H9N5OS. The molecule has 0 saturated carbocycles. The first-order valence-corrected chi connectivity index (χ1v) is 5.15. The third kappa shape index (κ3) is 2.64. The van der Waals surface area contributed by atoms with Crippen LogP contribution in [0.15, 0.2) is 34.2 Å². The predicted octanol–water partition coefficient (Wildman–Crippen LogP) is 0.0902. The quantitative estimate of drug-likeness (QED) is 0.397. The molecule has 0 amide bonds. The lowest BCUT2D eigenvalue weighted by atomic mass is 10.2. The summed E-state index contributed by atoms with van der Waals surface area (Å²) in [6, 6.07) is 7.24. The lowest BCUT2D eigenvalue weighted by Gasteiger charge is -2.00. The average Bonchev–Trinajstić information content (AvgIpc) is 2.28. The Balaban J connectivity index is 2.49. The van der Waals surface area contributed by atoms with Gasteiger partial charge >= 0.3 is 5.69 Å². The Morgan fingerprint density at radius 2 is 2.29 bits per heavy atom. The van der Waals surface area contributed by atoms with Gasteiger partial charge in [0, 0.05) is 5.39 Å². The number of rotatable bonds is 2. The first kappa shape index (κ1) is 11.2. The number of nitrogens with zero attached hydrogens (tertiary/aromatic N) is 2. The molecule has 86 valence electrons. The molecule has 1 aromatic carbocycles. The first-order valence-electron chi connectivity index (χ1n) is 4.74. The Hall–Kier alpha value is -2.28. The molecule has 0 aliphatic rings. The Bertz CT molecular complexity index is 648. The van der Waals surface area contributed by atoms with Gasteiger partial charge in [0.2, 0.25) is 0 Å². The lowest BCUT2D eigenvalue weighted by Crippen LogP contribution is -2.24. The number of aromatic nitrogens is 2. The van der Waals surface area contributed by atoms with Crippen LogP contribution < -0.4 is 16.8 Å². The second-order valence-corrected chi connectivity index (χ2v) is 3.65. The van der Waals surface area contributed by atoms with Gasteiger partial charge in [-0.05, 0) is 18.3 Å². The van der Waals surface area contributed by atoms with E-state index < -0.39 is 5.69 Å². The highest BCUT2D eigenvalue weighted by Crippen LogP contribution is 2.10. The van der Waals surface area contributed by atoms with E-state index in [-0.39, 0.29) is 5.11 Å². The van der Waals surface area contributed by atoms with Gasteiger partial charge in [0.05, 0.1) is 17.4 Å². The number of hydrazone groups is 1. The van der Waals surface area contributed by atoms with Gasteiger partial charge in [-0.25, -0.2) is 4.79 Å². The molecule has 2 aromatic rings. The summed E-state index contributed by atoms with van der Waals surface area (Å²) in [7, 11) is 0. The number of hydrogen-bond acceptors (Lipinski definition) is 4. The molecule has 0 bridgehead atoms. The maximum absolute atomic E-state index is 11.3. The van der Waals surface area contributed by atoms with Crippen molar-refractivity contribution in [2.75, 3.05) is 0 Å². The van der Waals surface area contributed by atoms with Crippen molar-refractivity contribution in [2.45, 2.75) is 0 Å². The zero-order valence-electron chi connectivity index (χ0n) is 8.68. The zero-order chi connectivity index (χ0) is 12.3. The molecule has 0 saturated heterocycles. The molecule has 1 heterocycles. The fourth-order valence-electron chi connectivity index (χ4n) is 1.38. The third-order valence-electron chi connectivity index (χ3n) is 2.03. The highest BCUT2D eigenvalue weighted by atomic mass is 32.1. The van der Waals surface area contributed by atoms with Crippen LogP contribution in [0.2, 0.25) is 0 Å². The molecule has 0 aliphatic heterocycles. The van der Waals surface area contributed by atoms with Crippen LogP contribution in [0, 0.1) is 0 Å². The molecule has 6 nitrogen and oxygen atoms in total. The molecule has 17 heavy (non-hydrogen) atoms. The summed E-state index contributed by atoms with van der Waals surface area (Å²) in [5.41, 5.74) is 8.36. The standard InChI is InChI=1S/C10H9N5OS/c11-9(17)15-12-5-8-6-3-1-2-4-7(6)13-10(16)14-8/h1-5H,(H3,11,15,17)(H,13,14,16)/b12-5-. The van der Waals surface area contributed by atoms with E-state index in [1.165, 1.54) is 6.21 Å². The largest absolute Gasteiger partial charge is 0.375 e. The minimum atomic E-state index is -0.430. The molecule has 0 radical (unpaired) electrons. The summed E-state index contributed by atoms with van der Waals surface area (Å²) in [6.45, 7) is 0. The van der Waals surface area contributed by atoms with Crippen LogP contribution in [0.4, 0.5) is 0 Å². The van der Waals surface area contributed by atoms with E-state index >= 15 is 0 Å². The number of nitrogens with one attached hydrogen (secondary N) is 2. The van der Waals surface area contributed by atoms with Crippen LogP contribution in [0.3, 0.4) is 0 Å². The molecule has 4 N–H and O–H groups in total. The van der Waals surface area contributed by atoms with Crippen LogP contribution in [0.25, 0.3) is 10.9 Å². The minimum Gasteiger partial charge on any atom is -0.375 e. The molecule has 2 rings (SSSR count). The second kappa shape index (κ2) is 4.71. The zero-order valence-corrected chi connectivity index (χ0v) is 9.49. The highest BCUT2D eigenvalue weighted by molar-refractivity contribution is 7.80. The SMILES string of the molecule is NC(=S)N/N=C\c1[nH]c(=O)nc2ccccc12. The van der Waals surface area contributed by atoms with Crippen molar-refractivity contribution in [3.8, 4) is 0 Å². The van der Waals surface area contributed by atoms with Crippen LogP contribution >= 0.6 is 12.2 Å². The minimum absolute atomic E-state index is 0.0574. The van der Waals surface area contributed by atoms with Gasteiger partial charge in [-0.1, -0.05) is 18.2 Å². The van der Waals surface area contributed by atoms with Crippen molar-refractivity contribution >= 4 is 34.4 Å². The number of benzene rings is 1. The summed E-state index contributed by atoms with van der Waals surface area (Å²) in [5, 5.41) is 4.64. The Labute approximate surface area is 102 Å². The number of thiocarbonyl (C=S) groups is 1. The summed E-state index contributed by atoms with van der Waals surface area (Å²) in [4.78, 5) is 17.7. The van der Waals surface area contributed by atoms with Crippen LogP contribution in [0.1, 0.15) is 5.69 Å². The van der Waals surface area contributed by atoms with Gasteiger partial charge in [-0.15, -0.1) is 0 Å². The number of aromatic amines is 1. The molecule has 0 aliphatic carbocycles. The van der Waals surface area contributed by atoms with Crippen molar-refractivity contribution < 1.29 is 0 Å².